The van der Waals surface area contributed by atoms with Crippen molar-refractivity contribution in [2.45, 2.75) is 38.6 Å². The average molecular weight is 194 g/mol. The van der Waals surface area contributed by atoms with Crippen molar-refractivity contribution in [3.8, 4) is 0 Å². The summed E-state index contributed by atoms with van der Waals surface area (Å²) in [5.41, 5.74) is 0. The Balaban J connectivity index is 1.77. The smallest absolute Gasteiger partial charge is 0.0266 e. The molecule has 0 N–H and O–H groups in total. The molecule has 0 aromatic carbocycles. The Hall–Kier alpha value is -0.500. The Morgan fingerprint density at radius 2 is 1.50 bits per heavy atom. The summed E-state index contributed by atoms with van der Waals surface area (Å²) < 4.78 is 0. The molecule has 2 heteroatoms. The number of rotatable bonds is 3. The zero-order valence-corrected chi connectivity index (χ0v) is 9.28. The summed E-state index contributed by atoms with van der Waals surface area (Å²) in [6.07, 6.45) is 10.2. The molecule has 0 spiro atoms. The van der Waals surface area contributed by atoms with Crippen molar-refractivity contribution in [1.29, 1.82) is 0 Å². The van der Waals surface area contributed by atoms with Gasteiger partial charge in [0.1, 0.15) is 0 Å². The fourth-order valence-electron chi connectivity index (χ4n) is 2.41. The first-order valence-electron chi connectivity index (χ1n) is 6.03. The van der Waals surface area contributed by atoms with Gasteiger partial charge in [-0.1, -0.05) is 6.08 Å². The lowest BCUT2D eigenvalue weighted by Crippen LogP contribution is -2.28. The monoisotopic (exact) mass is 194 g/mol. The lowest BCUT2D eigenvalue weighted by Gasteiger charge is -2.21. The third kappa shape index (κ3) is 2.50. The molecule has 2 saturated heterocycles. The summed E-state index contributed by atoms with van der Waals surface area (Å²) in [5.74, 6) is 0. The summed E-state index contributed by atoms with van der Waals surface area (Å²) >= 11 is 0. The highest BCUT2D eigenvalue weighted by Gasteiger charge is 2.16. The lowest BCUT2D eigenvalue weighted by molar-refractivity contribution is 0.297. The largest absolute Gasteiger partial charge is 0.378 e. The molecule has 2 aliphatic heterocycles. The van der Waals surface area contributed by atoms with Gasteiger partial charge in [-0.3, -0.25) is 4.90 Å². The van der Waals surface area contributed by atoms with Crippen molar-refractivity contribution >= 4 is 0 Å². The first-order valence-corrected chi connectivity index (χ1v) is 6.03. The van der Waals surface area contributed by atoms with Crippen LogP contribution in [0, 0.1) is 0 Å². The molecule has 0 aliphatic carbocycles. The Labute approximate surface area is 87.6 Å². The summed E-state index contributed by atoms with van der Waals surface area (Å²) in [6.45, 7) is 7.45. The summed E-state index contributed by atoms with van der Waals surface area (Å²) in [7, 11) is 0. The van der Waals surface area contributed by atoms with E-state index in [4.69, 9.17) is 0 Å². The normalized spacial score (nSPS) is 26.5. The Kier molecular flexibility index (Phi) is 3.46. The number of hydrogen-bond donors (Lipinski definition) is 0. The van der Waals surface area contributed by atoms with E-state index in [1.807, 2.05) is 0 Å². The van der Waals surface area contributed by atoms with Crippen molar-refractivity contribution in [1.82, 2.24) is 9.80 Å². The summed E-state index contributed by atoms with van der Waals surface area (Å²) in [4.78, 5) is 5.03. The third-order valence-electron chi connectivity index (χ3n) is 3.43. The van der Waals surface area contributed by atoms with Crippen molar-refractivity contribution in [2.24, 2.45) is 0 Å². The zero-order chi connectivity index (χ0) is 9.80. The third-order valence-corrected chi connectivity index (χ3v) is 3.43. The topological polar surface area (TPSA) is 6.48 Å². The van der Waals surface area contributed by atoms with E-state index in [0.29, 0.717) is 6.04 Å². The quantitative estimate of drug-likeness (QED) is 0.678. The molecular weight excluding hydrogens is 172 g/mol. The van der Waals surface area contributed by atoms with Crippen LogP contribution in [0.1, 0.15) is 32.6 Å². The molecule has 2 fully saturated rings. The Morgan fingerprint density at radius 1 is 0.929 bits per heavy atom. The van der Waals surface area contributed by atoms with E-state index in [9.17, 15) is 0 Å². The van der Waals surface area contributed by atoms with Crippen LogP contribution in [0.5, 0.6) is 0 Å². The molecule has 2 rings (SSSR count). The van der Waals surface area contributed by atoms with Gasteiger partial charge in [-0.25, -0.2) is 0 Å². The van der Waals surface area contributed by atoms with E-state index >= 15 is 0 Å². The molecule has 0 radical (unpaired) electrons. The molecule has 0 aromatic heterocycles. The molecule has 0 bridgehead atoms. The number of hydrogen-bond acceptors (Lipinski definition) is 2. The maximum atomic E-state index is 2.58. The maximum absolute atomic E-state index is 2.58. The van der Waals surface area contributed by atoms with Crippen LogP contribution < -0.4 is 0 Å². The van der Waals surface area contributed by atoms with Crippen molar-refractivity contribution in [3.63, 3.8) is 0 Å². The summed E-state index contributed by atoms with van der Waals surface area (Å²) in [6, 6.07) is 0.637. The van der Waals surface area contributed by atoms with Crippen molar-refractivity contribution in [2.75, 3.05) is 26.2 Å². The predicted molar refractivity (Wildman–Crippen MR) is 60.2 cm³/mol. The van der Waals surface area contributed by atoms with Gasteiger partial charge in [0.25, 0.3) is 0 Å². The van der Waals surface area contributed by atoms with Crippen LogP contribution in [0.25, 0.3) is 0 Å². The van der Waals surface area contributed by atoms with Gasteiger partial charge in [0.2, 0.25) is 0 Å². The van der Waals surface area contributed by atoms with Crippen LogP contribution in [0.4, 0.5) is 0 Å². The molecule has 2 heterocycles. The molecule has 2 nitrogen and oxygen atoms in total. The fraction of sp³-hybridized carbons (Fsp3) is 0.833. The maximum Gasteiger partial charge on any atom is 0.0266 e. The van der Waals surface area contributed by atoms with Gasteiger partial charge in [0, 0.05) is 19.1 Å². The second kappa shape index (κ2) is 4.83. The molecule has 0 saturated carbocycles. The zero-order valence-electron chi connectivity index (χ0n) is 9.28. The van der Waals surface area contributed by atoms with Crippen molar-refractivity contribution in [3.05, 3.63) is 12.3 Å². The van der Waals surface area contributed by atoms with Gasteiger partial charge in [-0.15, -0.1) is 0 Å². The molecule has 0 amide bonds. The van der Waals surface area contributed by atoms with Crippen LogP contribution in [0.2, 0.25) is 0 Å². The fourth-order valence-corrected chi connectivity index (χ4v) is 2.41. The van der Waals surface area contributed by atoms with Crippen molar-refractivity contribution < 1.29 is 0 Å². The SMILES string of the molecule is CC(/C=C/N1CCCC1)N1CCCC1. The summed E-state index contributed by atoms with van der Waals surface area (Å²) in [5, 5.41) is 0. The van der Waals surface area contributed by atoms with Crippen LogP contribution in [0.3, 0.4) is 0 Å². The first-order chi connectivity index (χ1) is 6.86. The molecule has 2 aliphatic rings. The minimum Gasteiger partial charge on any atom is -0.378 e. The van der Waals surface area contributed by atoms with Crippen LogP contribution >= 0.6 is 0 Å². The predicted octanol–water partition coefficient (Wildman–Crippen LogP) is 2.08. The Morgan fingerprint density at radius 3 is 2.14 bits per heavy atom. The average Bonchev–Trinajstić information content (AvgIpc) is 2.87. The first kappa shape index (κ1) is 10.0. The highest BCUT2D eigenvalue weighted by molar-refractivity contribution is 4.94. The number of likely N-dealkylation sites (tertiary alicyclic amines) is 2. The van der Waals surface area contributed by atoms with E-state index in [2.05, 4.69) is 29.0 Å². The van der Waals surface area contributed by atoms with E-state index in [0.717, 1.165) is 0 Å². The van der Waals surface area contributed by atoms with E-state index in [1.54, 1.807) is 0 Å². The van der Waals surface area contributed by atoms with Gasteiger partial charge < -0.3 is 4.90 Å². The standard InChI is InChI=1S/C12H22N2/c1-12(14-9-4-5-10-14)6-11-13-7-2-3-8-13/h6,11-12H,2-5,7-10H2,1H3/b11-6+. The van der Waals surface area contributed by atoms with Crippen LogP contribution in [-0.4, -0.2) is 42.0 Å². The molecule has 0 aromatic rings. The van der Waals surface area contributed by atoms with E-state index in [1.165, 1.54) is 51.9 Å². The minimum atomic E-state index is 0.637. The molecule has 14 heavy (non-hydrogen) atoms. The van der Waals surface area contributed by atoms with Crippen LogP contribution in [-0.2, 0) is 0 Å². The van der Waals surface area contributed by atoms with Gasteiger partial charge in [0.15, 0.2) is 0 Å². The number of nitrogens with zero attached hydrogens (tertiary/aromatic N) is 2. The van der Waals surface area contributed by atoms with Gasteiger partial charge in [-0.05, 0) is 51.9 Å². The van der Waals surface area contributed by atoms with Gasteiger partial charge in [0.05, 0.1) is 0 Å². The highest BCUT2D eigenvalue weighted by Crippen LogP contribution is 2.13. The lowest BCUT2D eigenvalue weighted by atomic mass is 10.3. The van der Waals surface area contributed by atoms with E-state index in [-0.39, 0.29) is 0 Å². The van der Waals surface area contributed by atoms with Gasteiger partial charge >= 0.3 is 0 Å². The molecular formula is C12H22N2. The second-order valence-electron chi connectivity index (χ2n) is 4.57. The Bertz CT molecular complexity index is 188. The molecule has 1 atom stereocenters. The molecule has 80 valence electrons. The van der Waals surface area contributed by atoms with E-state index < -0.39 is 0 Å². The minimum absolute atomic E-state index is 0.637. The molecule has 1 unspecified atom stereocenters. The van der Waals surface area contributed by atoms with Gasteiger partial charge in [-0.2, -0.15) is 0 Å². The van der Waals surface area contributed by atoms with Crippen LogP contribution in [0.15, 0.2) is 12.3 Å². The highest BCUT2D eigenvalue weighted by atomic mass is 15.2. The second-order valence-corrected chi connectivity index (χ2v) is 4.57.